The molecule has 1 amide bonds. The average molecular weight is 317 g/mol. The van der Waals surface area contributed by atoms with Crippen molar-refractivity contribution in [3.05, 3.63) is 35.4 Å². The summed E-state index contributed by atoms with van der Waals surface area (Å²) in [5, 5.41) is 6.13. The molecule has 2 rings (SSSR count). The van der Waals surface area contributed by atoms with E-state index >= 15 is 0 Å². The van der Waals surface area contributed by atoms with Gasteiger partial charge in [0.25, 0.3) is 0 Å². The number of carbonyl (C=O) groups is 1. The first-order chi connectivity index (χ1) is 11.2. The Morgan fingerprint density at radius 2 is 2.09 bits per heavy atom. The predicted molar refractivity (Wildman–Crippen MR) is 95.1 cm³/mol. The minimum absolute atomic E-state index is 0.140. The van der Waals surface area contributed by atoms with Crippen molar-refractivity contribution in [1.29, 1.82) is 0 Å². The molecule has 1 atom stereocenters. The van der Waals surface area contributed by atoms with Gasteiger partial charge in [0.05, 0.1) is 0 Å². The van der Waals surface area contributed by atoms with Crippen molar-refractivity contribution < 1.29 is 4.79 Å². The second-order valence-corrected chi connectivity index (χ2v) is 6.74. The molecule has 1 aliphatic heterocycles. The van der Waals surface area contributed by atoms with E-state index in [1.165, 1.54) is 37.1 Å². The van der Waals surface area contributed by atoms with Crippen molar-refractivity contribution in [2.45, 2.75) is 45.7 Å². The maximum absolute atomic E-state index is 11.9. The number of nitrogens with zero attached hydrogens (tertiary/aromatic N) is 1. The molecule has 1 fully saturated rings. The molecule has 2 N–H and O–H groups in total. The Balaban J connectivity index is 1.86. The van der Waals surface area contributed by atoms with Crippen LogP contribution in [0, 0.1) is 5.92 Å². The third-order valence-corrected chi connectivity index (χ3v) is 4.56. The SMILES string of the molecule is CNCCCC(=O)NCc1ccccc1CN1CCCC(C)C1. The summed E-state index contributed by atoms with van der Waals surface area (Å²) in [6.07, 6.45) is 4.12. The lowest BCUT2D eigenvalue weighted by atomic mass is 9.99. The summed E-state index contributed by atoms with van der Waals surface area (Å²) in [5.74, 6) is 0.935. The fraction of sp³-hybridized carbons (Fsp3) is 0.632. The highest BCUT2D eigenvalue weighted by molar-refractivity contribution is 5.75. The van der Waals surface area contributed by atoms with Crippen LogP contribution in [0.15, 0.2) is 24.3 Å². The highest BCUT2D eigenvalue weighted by atomic mass is 16.1. The van der Waals surface area contributed by atoms with Gasteiger partial charge in [-0.2, -0.15) is 0 Å². The Kier molecular flexibility index (Phi) is 7.56. The van der Waals surface area contributed by atoms with Crippen LogP contribution in [0.3, 0.4) is 0 Å². The zero-order valence-corrected chi connectivity index (χ0v) is 14.6. The number of rotatable bonds is 8. The Labute approximate surface area is 140 Å². The molecule has 0 saturated carbocycles. The van der Waals surface area contributed by atoms with Crippen LogP contribution in [0.1, 0.15) is 43.7 Å². The standard InChI is InChI=1S/C19H31N3O/c1-16-7-6-12-22(14-16)15-18-9-4-3-8-17(18)13-21-19(23)10-5-11-20-2/h3-4,8-9,16,20H,5-7,10-15H2,1-2H3,(H,21,23). The van der Waals surface area contributed by atoms with Crippen LogP contribution in [0.2, 0.25) is 0 Å². The summed E-state index contributed by atoms with van der Waals surface area (Å²) >= 11 is 0. The smallest absolute Gasteiger partial charge is 0.220 e. The van der Waals surface area contributed by atoms with Crippen LogP contribution in [0.4, 0.5) is 0 Å². The van der Waals surface area contributed by atoms with Gasteiger partial charge in [0.2, 0.25) is 5.91 Å². The number of likely N-dealkylation sites (tertiary alicyclic amines) is 1. The Morgan fingerprint density at radius 1 is 1.30 bits per heavy atom. The van der Waals surface area contributed by atoms with Crippen molar-refractivity contribution in [3.8, 4) is 0 Å². The first kappa shape index (κ1) is 18.0. The fourth-order valence-electron chi connectivity index (χ4n) is 3.26. The quantitative estimate of drug-likeness (QED) is 0.724. The molecular weight excluding hydrogens is 286 g/mol. The maximum Gasteiger partial charge on any atom is 0.220 e. The molecule has 1 unspecified atom stereocenters. The number of nitrogens with one attached hydrogen (secondary N) is 2. The van der Waals surface area contributed by atoms with Crippen LogP contribution >= 0.6 is 0 Å². The molecule has 1 aromatic rings. The van der Waals surface area contributed by atoms with Crippen LogP contribution in [-0.4, -0.2) is 37.5 Å². The van der Waals surface area contributed by atoms with E-state index in [-0.39, 0.29) is 5.91 Å². The van der Waals surface area contributed by atoms with E-state index in [4.69, 9.17) is 0 Å². The third-order valence-electron chi connectivity index (χ3n) is 4.56. The monoisotopic (exact) mass is 317 g/mol. The number of benzene rings is 1. The second-order valence-electron chi connectivity index (χ2n) is 6.74. The molecule has 1 heterocycles. The van der Waals surface area contributed by atoms with Gasteiger partial charge in [-0.25, -0.2) is 0 Å². The van der Waals surface area contributed by atoms with Gasteiger partial charge < -0.3 is 10.6 Å². The molecule has 23 heavy (non-hydrogen) atoms. The van der Waals surface area contributed by atoms with E-state index in [0.717, 1.165) is 25.4 Å². The van der Waals surface area contributed by atoms with E-state index < -0.39 is 0 Å². The number of hydrogen-bond donors (Lipinski definition) is 2. The van der Waals surface area contributed by atoms with Crippen molar-refractivity contribution in [3.63, 3.8) is 0 Å². The van der Waals surface area contributed by atoms with E-state index in [1.807, 2.05) is 7.05 Å². The van der Waals surface area contributed by atoms with Crippen LogP contribution in [0.25, 0.3) is 0 Å². The molecule has 4 nitrogen and oxygen atoms in total. The van der Waals surface area contributed by atoms with Gasteiger partial charge in [-0.05, 0) is 56.4 Å². The van der Waals surface area contributed by atoms with Crippen LogP contribution < -0.4 is 10.6 Å². The zero-order chi connectivity index (χ0) is 16.5. The number of piperidine rings is 1. The molecule has 128 valence electrons. The lowest BCUT2D eigenvalue weighted by molar-refractivity contribution is -0.121. The molecule has 1 aliphatic rings. The summed E-state index contributed by atoms with van der Waals surface area (Å²) in [7, 11) is 1.91. The normalized spacial score (nSPS) is 18.8. The molecule has 4 heteroatoms. The molecule has 0 aromatic heterocycles. The lowest BCUT2D eigenvalue weighted by Gasteiger charge is -2.31. The highest BCUT2D eigenvalue weighted by Crippen LogP contribution is 2.19. The zero-order valence-electron chi connectivity index (χ0n) is 14.6. The molecule has 0 radical (unpaired) electrons. The summed E-state index contributed by atoms with van der Waals surface area (Å²) < 4.78 is 0. The minimum atomic E-state index is 0.140. The van der Waals surface area contributed by atoms with Gasteiger partial charge >= 0.3 is 0 Å². The Hall–Kier alpha value is -1.39. The van der Waals surface area contributed by atoms with E-state index in [9.17, 15) is 4.79 Å². The van der Waals surface area contributed by atoms with Crippen molar-refractivity contribution in [2.24, 2.45) is 5.92 Å². The van der Waals surface area contributed by atoms with E-state index in [2.05, 4.69) is 46.7 Å². The summed E-state index contributed by atoms with van der Waals surface area (Å²) in [5.41, 5.74) is 2.59. The third kappa shape index (κ3) is 6.32. The number of amides is 1. The highest BCUT2D eigenvalue weighted by Gasteiger charge is 2.17. The van der Waals surface area contributed by atoms with Crippen molar-refractivity contribution in [1.82, 2.24) is 15.5 Å². The summed E-state index contributed by atoms with van der Waals surface area (Å²) in [4.78, 5) is 14.4. The van der Waals surface area contributed by atoms with Gasteiger partial charge in [-0.1, -0.05) is 31.2 Å². The minimum Gasteiger partial charge on any atom is -0.352 e. The lowest BCUT2D eigenvalue weighted by Crippen LogP contribution is -2.34. The van der Waals surface area contributed by atoms with Crippen LogP contribution in [0.5, 0.6) is 0 Å². The second kappa shape index (κ2) is 9.68. The first-order valence-electron chi connectivity index (χ1n) is 8.89. The average Bonchev–Trinajstić information content (AvgIpc) is 2.54. The van der Waals surface area contributed by atoms with Gasteiger partial charge in [0, 0.05) is 26.1 Å². The maximum atomic E-state index is 11.9. The molecular formula is C19H31N3O. The predicted octanol–water partition coefficient (Wildman–Crippen LogP) is 2.53. The number of hydrogen-bond acceptors (Lipinski definition) is 3. The van der Waals surface area contributed by atoms with E-state index in [0.29, 0.717) is 13.0 Å². The molecule has 0 spiro atoms. The number of carbonyl (C=O) groups excluding carboxylic acids is 1. The Bertz CT molecular complexity index is 489. The molecule has 0 bridgehead atoms. The topological polar surface area (TPSA) is 44.4 Å². The summed E-state index contributed by atoms with van der Waals surface area (Å²) in [6, 6.07) is 8.49. The molecule has 1 aromatic carbocycles. The van der Waals surface area contributed by atoms with Gasteiger partial charge in [0.1, 0.15) is 0 Å². The van der Waals surface area contributed by atoms with Gasteiger partial charge in [-0.3, -0.25) is 9.69 Å². The Morgan fingerprint density at radius 3 is 2.83 bits per heavy atom. The largest absolute Gasteiger partial charge is 0.352 e. The van der Waals surface area contributed by atoms with Crippen molar-refractivity contribution >= 4 is 5.91 Å². The van der Waals surface area contributed by atoms with E-state index in [1.54, 1.807) is 0 Å². The summed E-state index contributed by atoms with van der Waals surface area (Å²) in [6.45, 7) is 7.23. The van der Waals surface area contributed by atoms with Crippen molar-refractivity contribution in [2.75, 3.05) is 26.7 Å². The fourth-order valence-corrected chi connectivity index (χ4v) is 3.26. The van der Waals surface area contributed by atoms with Crippen LogP contribution in [-0.2, 0) is 17.9 Å². The molecule has 1 saturated heterocycles. The van der Waals surface area contributed by atoms with Gasteiger partial charge in [0.15, 0.2) is 0 Å². The first-order valence-corrected chi connectivity index (χ1v) is 8.89. The van der Waals surface area contributed by atoms with Gasteiger partial charge in [-0.15, -0.1) is 0 Å². The molecule has 0 aliphatic carbocycles.